The van der Waals surface area contributed by atoms with E-state index < -0.39 is 5.25 Å². The van der Waals surface area contributed by atoms with Gasteiger partial charge in [-0.1, -0.05) is 48.5 Å². The quantitative estimate of drug-likeness (QED) is 0.517. The molecule has 4 rings (SSSR count). The monoisotopic (exact) mass is 451 g/mol. The lowest BCUT2D eigenvalue weighted by atomic mass is 10.1. The van der Waals surface area contributed by atoms with E-state index in [-0.39, 0.29) is 23.8 Å². The number of carbonyl (C=O) groups excluding carboxylic acids is 2. The molecule has 0 saturated carbocycles. The van der Waals surface area contributed by atoms with Crippen molar-refractivity contribution in [2.24, 2.45) is 0 Å². The van der Waals surface area contributed by atoms with Crippen LogP contribution >= 0.6 is 11.8 Å². The second-order valence-electron chi connectivity index (χ2n) is 7.66. The van der Waals surface area contributed by atoms with Gasteiger partial charge in [-0.2, -0.15) is 0 Å². The van der Waals surface area contributed by atoms with Gasteiger partial charge in [0.25, 0.3) is 5.91 Å². The minimum atomic E-state index is -0.456. The fraction of sp³-hybridized carbons (Fsp3) is 0.292. The van der Waals surface area contributed by atoms with E-state index in [0.717, 1.165) is 39.4 Å². The first-order chi connectivity index (χ1) is 15.5. The van der Waals surface area contributed by atoms with Crippen molar-refractivity contribution in [2.75, 3.05) is 6.61 Å². The Bertz CT molecular complexity index is 1070. The van der Waals surface area contributed by atoms with Gasteiger partial charge in [-0.3, -0.25) is 14.4 Å². The van der Waals surface area contributed by atoms with Crippen molar-refractivity contribution in [1.82, 2.24) is 15.4 Å². The van der Waals surface area contributed by atoms with Crippen LogP contribution < -0.4 is 5.32 Å². The van der Waals surface area contributed by atoms with Crippen LogP contribution in [0.4, 0.5) is 4.79 Å². The van der Waals surface area contributed by atoms with E-state index in [1.807, 2.05) is 74.5 Å². The van der Waals surface area contributed by atoms with E-state index in [1.165, 1.54) is 0 Å². The Morgan fingerprint density at radius 1 is 1.12 bits per heavy atom. The van der Waals surface area contributed by atoms with Crippen LogP contribution in [0.15, 0.2) is 65.1 Å². The summed E-state index contributed by atoms with van der Waals surface area (Å²) in [5.74, 6) is 1.02. The molecule has 1 aliphatic heterocycles. The van der Waals surface area contributed by atoms with E-state index in [0.29, 0.717) is 18.9 Å². The first-order valence-corrected chi connectivity index (χ1v) is 11.4. The van der Waals surface area contributed by atoms with E-state index in [1.54, 1.807) is 0 Å². The number of amides is 2. The summed E-state index contributed by atoms with van der Waals surface area (Å²) in [5.41, 5.74) is 2.75. The number of nitrogens with one attached hydrogen (secondary N) is 1. The zero-order valence-corrected chi connectivity index (χ0v) is 18.8. The molecule has 0 bridgehead atoms. The Morgan fingerprint density at radius 2 is 1.81 bits per heavy atom. The summed E-state index contributed by atoms with van der Waals surface area (Å²) in [5, 5.41) is 3.37. The minimum Gasteiger partial charge on any atom is -0.441 e. The van der Waals surface area contributed by atoms with Gasteiger partial charge in [0.1, 0.15) is 5.76 Å². The molecule has 1 aromatic heterocycles. The van der Waals surface area contributed by atoms with Gasteiger partial charge in [0.05, 0.1) is 17.6 Å². The van der Waals surface area contributed by atoms with E-state index in [2.05, 4.69) is 10.3 Å². The zero-order valence-electron chi connectivity index (χ0n) is 18.0. The van der Waals surface area contributed by atoms with E-state index in [9.17, 15) is 9.59 Å². The summed E-state index contributed by atoms with van der Waals surface area (Å²) in [6.07, 6.45) is 0.499. The normalized spacial score (nSPS) is 17.2. The van der Waals surface area contributed by atoms with Gasteiger partial charge < -0.3 is 9.73 Å². The molecule has 166 valence electrons. The standard InChI is InChI=1S/C24H25N3O4S/c1-16(25-14-20-17(2)31-22(26-20)19-11-7-4-8-12-19)15-30-27-23(28)21(32-24(27)29)13-18-9-5-3-6-10-18/h3-12,16,21,25H,13-15H2,1-2H3. The summed E-state index contributed by atoms with van der Waals surface area (Å²) in [7, 11) is 0. The molecule has 32 heavy (non-hydrogen) atoms. The Labute approximate surface area is 191 Å². The lowest BCUT2D eigenvalue weighted by Crippen LogP contribution is -2.38. The third-order valence-electron chi connectivity index (χ3n) is 5.13. The van der Waals surface area contributed by atoms with Crippen molar-refractivity contribution in [3.05, 3.63) is 77.7 Å². The van der Waals surface area contributed by atoms with Gasteiger partial charge in [0.2, 0.25) is 5.89 Å². The van der Waals surface area contributed by atoms with Crippen LogP contribution in [0.1, 0.15) is 23.9 Å². The molecule has 7 nitrogen and oxygen atoms in total. The molecule has 0 aliphatic carbocycles. The smallest absolute Gasteiger partial charge is 0.313 e. The lowest BCUT2D eigenvalue weighted by Gasteiger charge is -2.18. The predicted molar refractivity (Wildman–Crippen MR) is 123 cm³/mol. The highest BCUT2D eigenvalue weighted by atomic mass is 32.2. The van der Waals surface area contributed by atoms with Crippen molar-refractivity contribution in [3.8, 4) is 11.5 Å². The van der Waals surface area contributed by atoms with Crippen LogP contribution in [-0.4, -0.2) is 39.1 Å². The van der Waals surface area contributed by atoms with Crippen LogP contribution in [0.25, 0.3) is 11.5 Å². The first-order valence-electron chi connectivity index (χ1n) is 10.5. The highest BCUT2D eigenvalue weighted by Crippen LogP contribution is 2.30. The molecule has 2 heterocycles. The predicted octanol–water partition coefficient (Wildman–Crippen LogP) is 4.37. The molecule has 0 spiro atoms. The number of nitrogens with zero attached hydrogens (tertiary/aromatic N) is 2. The number of benzene rings is 2. The van der Waals surface area contributed by atoms with Gasteiger partial charge in [-0.25, -0.2) is 4.98 Å². The van der Waals surface area contributed by atoms with Crippen LogP contribution in [-0.2, 0) is 22.6 Å². The fourth-order valence-corrected chi connectivity index (χ4v) is 4.28. The molecular weight excluding hydrogens is 426 g/mol. The van der Waals surface area contributed by atoms with Gasteiger partial charge in [-0.05, 0) is 49.7 Å². The highest BCUT2D eigenvalue weighted by molar-refractivity contribution is 8.15. The van der Waals surface area contributed by atoms with Crippen molar-refractivity contribution >= 4 is 22.9 Å². The van der Waals surface area contributed by atoms with E-state index >= 15 is 0 Å². The second kappa shape index (κ2) is 10.1. The number of carbonyl (C=O) groups is 2. The first kappa shape index (κ1) is 22.3. The number of hydrogen-bond donors (Lipinski definition) is 1. The van der Waals surface area contributed by atoms with Crippen LogP contribution in [0.5, 0.6) is 0 Å². The number of rotatable bonds is 9. The van der Waals surface area contributed by atoms with E-state index in [4.69, 9.17) is 9.25 Å². The maximum atomic E-state index is 12.6. The summed E-state index contributed by atoms with van der Waals surface area (Å²) in [6.45, 7) is 4.47. The summed E-state index contributed by atoms with van der Waals surface area (Å²) < 4.78 is 5.78. The third-order valence-corrected chi connectivity index (χ3v) is 6.15. The zero-order chi connectivity index (χ0) is 22.5. The third kappa shape index (κ3) is 5.27. The average Bonchev–Trinajstić information content (AvgIpc) is 3.31. The summed E-state index contributed by atoms with van der Waals surface area (Å²) >= 11 is 1.01. The molecule has 1 saturated heterocycles. The largest absolute Gasteiger partial charge is 0.441 e. The van der Waals surface area contributed by atoms with Crippen molar-refractivity contribution in [1.29, 1.82) is 0 Å². The number of hydroxylamine groups is 2. The second-order valence-corrected chi connectivity index (χ2v) is 8.81. The number of imide groups is 1. The van der Waals surface area contributed by atoms with Gasteiger partial charge in [-0.15, -0.1) is 5.06 Å². The molecule has 2 unspecified atom stereocenters. The molecule has 8 heteroatoms. The molecule has 2 amide bonds. The van der Waals surface area contributed by atoms with Gasteiger partial charge in [0.15, 0.2) is 0 Å². The fourth-order valence-electron chi connectivity index (χ4n) is 3.33. The van der Waals surface area contributed by atoms with Crippen LogP contribution in [0, 0.1) is 6.92 Å². The summed E-state index contributed by atoms with van der Waals surface area (Å²) in [6, 6.07) is 19.3. The number of aromatic nitrogens is 1. The van der Waals surface area contributed by atoms with Gasteiger partial charge >= 0.3 is 5.24 Å². The van der Waals surface area contributed by atoms with Crippen molar-refractivity contribution < 1.29 is 18.8 Å². The molecule has 2 aromatic carbocycles. The maximum Gasteiger partial charge on any atom is 0.313 e. The van der Waals surface area contributed by atoms with Crippen molar-refractivity contribution in [3.63, 3.8) is 0 Å². The molecule has 0 radical (unpaired) electrons. The minimum absolute atomic E-state index is 0.106. The summed E-state index contributed by atoms with van der Waals surface area (Å²) in [4.78, 5) is 35.0. The molecule has 2 atom stereocenters. The molecule has 3 aromatic rings. The van der Waals surface area contributed by atoms with Gasteiger partial charge in [0, 0.05) is 18.2 Å². The molecular formula is C24H25N3O4S. The van der Waals surface area contributed by atoms with Crippen LogP contribution in [0.3, 0.4) is 0 Å². The SMILES string of the molecule is Cc1oc(-c2ccccc2)nc1CNC(C)CON1C(=O)SC(Cc2ccccc2)C1=O. The topological polar surface area (TPSA) is 84.7 Å². The Balaban J connectivity index is 1.27. The maximum absolute atomic E-state index is 12.6. The lowest BCUT2D eigenvalue weighted by molar-refractivity contribution is -0.165. The Morgan fingerprint density at radius 3 is 2.53 bits per heavy atom. The Kier molecular flexibility index (Phi) is 7.04. The Hall–Kier alpha value is -2.94. The number of hydrogen-bond acceptors (Lipinski definition) is 7. The number of aryl methyl sites for hydroxylation is 1. The molecule has 1 fully saturated rings. The molecule has 1 aliphatic rings. The average molecular weight is 452 g/mol. The van der Waals surface area contributed by atoms with Crippen molar-refractivity contribution in [2.45, 2.75) is 38.1 Å². The molecule has 1 N–H and O–H groups in total. The number of thioether (sulfide) groups is 1. The number of oxazole rings is 1. The van der Waals surface area contributed by atoms with Crippen LogP contribution in [0.2, 0.25) is 0 Å². The highest BCUT2D eigenvalue weighted by Gasteiger charge is 2.41.